The normalized spacial score (nSPS) is 19.0. The third-order valence-electron chi connectivity index (χ3n) is 6.67. The van der Waals surface area contributed by atoms with Crippen LogP contribution in [-0.4, -0.2) is 73.2 Å². The molecular formula is C25H30ClN7O4. The van der Waals surface area contributed by atoms with E-state index in [0.717, 1.165) is 24.0 Å². The van der Waals surface area contributed by atoms with Crippen LogP contribution in [0.4, 0.5) is 5.95 Å². The minimum Gasteiger partial charge on any atom is -0.394 e. The van der Waals surface area contributed by atoms with E-state index in [-0.39, 0.29) is 25.1 Å². The van der Waals surface area contributed by atoms with E-state index in [9.17, 15) is 15.0 Å². The van der Waals surface area contributed by atoms with Gasteiger partial charge in [0.2, 0.25) is 11.9 Å². The van der Waals surface area contributed by atoms with E-state index < -0.39 is 12.3 Å². The van der Waals surface area contributed by atoms with Crippen LogP contribution in [0.3, 0.4) is 0 Å². The lowest BCUT2D eigenvalue weighted by Crippen LogP contribution is -2.39. The SMILES string of the molecule is Cn1ccc(C(CO)NC(=O)CN2Cc3ccc(-c4nc(NC5CCOCC5)ncc4Cl)cc3C2O)n1. The molecule has 2 aromatic heterocycles. The largest absolute Gasteiger partial charge is 0.394 e. The zero-order valence-electron chi connectivity index (χ0n) is 20.5. The Hall–Kier alpha value is -3.09. The van der Waals surface area contributed by atoms with Gasteiger partial charge in [0.25, 0.3) is 0 Å². The zero-order valence-corrected chi connectivity index (χ0v) is 21.2. The fraction of sp³-hybridized carbons (Fsp3) is 0.440. The second-order valence-corrected chi connectivity index (χ2v) is 9.74. The monoisotopic (exact) mass is 527 g/mol. The van der Waals surface area contributed by atoms with Crippen LogP contribution in [0.25, 0.3) is 11.3 Å². The van der Waals surface area contributed by atoms with Crippen LogP contribution in [0.2, 0.25) is 5.02 Å². The number of aromatic nitrogens is 4. The fourth-order valence-electron chi connectivity index (χ4n) is 4.69. The standard InChI is InChI=1S/C25H30ClN7O4/c1-32-7-4-20(31-32)21(14-34)29-22(35)13-33-12-16-3-2-15(10-18(16)24(33)36)23-19(26)11-27-25(30-23)28-17-5-8-37-9-6-17/h2-4,7,10-11,17,21,24,34,36H,5-6,8-9,12-14H2,1H3,(H,29,35)(H,27,28,30). The van der Waals surface area contributed by atoms with Gasteiger partial charge in [0, 0.05) is 50.2 Å². The number of hydrogen-bond donors (Lipinski definition) is 4. The van der Waals surface area contributed by atoms with Gasteiger partial charge in [0.15, 0.2) is 0 Å². The minimum atomic E-state index is -0.969. The summed E-state index contributed by atoms with van der Waals surface area (Å²) in [5.41, 5.74) is 3.50. The number of aliphatic hydroxyl groups is 2. The third kappa shape index (κ3) is 5.76. The van der Waals surface area contributed by atoms with Crippen molar-refractivity contribution in [2.45, 2.75) is 37.7 Å². The van der Waals surface area contributed by atoms with Gasteiger partial charge < -0.3 is 25.6 Å². The smallest absolute Gasteiger partial charge is 0.234 e. The maximum atomic E-state index is 12.7. The van der Waals surface area contributed by atoms with Gasteiger partial charge in [-0.05, 0) is 30.5 Å². The van der Waals surface area contributed by atoms with Crippen molar-refractivity contribution in [2.75, 3.05) is 31.7 Å². The average Bonchev–Trinajstić information content (AvgIpc) is 3.47. The Labute approximate surface area is 219 Å². The van der Waals surface area contributed by atoms with E-state index >= 15 is 0 Å². The second kappa shape index (κ2) is 11.1. The first-order valence-corrected chi connectivity index (χ1v) is 12.6. The number of carbonyl (C=O) groups is 1. The Morgan fingerprint density at radius 1 is 1.30 bits per heavy atom. The van der Waals surface area contributed by atoms with Crippen LogP contribution >= 0.6 is 11.6 Å². The Bertz CT molecular complexity index is 1260. The number of carbonyl (C=O) groups excluding carboxylic acids is 1. The number of aliphatic hydroxyl groups excluding tert-OH is 2. The molecule has 1 amide bonds. The Kier molecular flexibility index (Phi) is 7.68. The summed E-state index contributed by atoms with van der Waals surface area (Å²) in [6.45, 7) is 1.51. The summed E-state index contributed by atoms with van der Waals surface area (Å²) in [6.07, 6.45) is 4.12. The quantitative estimate of drug-likeness (QED) is 0.345. The predicted molar refractivity (Wildman–Crippen MR) is 136 cm³/mol. The number of fused-ring (bicyclic) bond motifs is 1. The lowest BCUT2D eigenvalue weighted by Gasteiger charge is -2.23. The molecular weight excluding hydrogens is 498 g/mol. The van der Waals surface area contributed by atoms with Gasteiger partial charge in [0.1, 0.15) is 6.23 Å². The van der Waals surface area contributed by atoms with Crippen molar-refractivity contribution in [1.82, 2.24) is 30.0 Å². The molecule has 12 heteroatoms. The zero-order chi connectivity index (χ0) is 25.9. The molecule has 2 atom stereocenters. The van der Waals surface area contributed by atoms with Crippen molar-refractivity contribution >= 4 is 23.5 Å². The highest BCUT2D eigenvalue weighted by molar-refractivity contribution is 6.32. The fourth-order valence-corrected chi connectivity index (χ4v) is 4.89. The predicted octanol–water partition coefficient (Wildman–Crippen LogP) is 1.78. The van der Waals surface area contributed by atoms with Gasteiger partial charge in [-0.15, -0.1) is 0 Å². The van der Waals surface area contributed by atoms with Gasteiger partial charge in [-0.2, -0.15) is 5.10 Å². The lowest BCUT2D eigenvalue weighted by molar-refractivity contribution is -0.126. The highest BCUT2D eigenvalue weighted by atomic mass is 35.5. The van der Waals surface area contributed by atoms with Gasteiger partial charge in [0.05, 0.1) is 41.8 Å². The molecule has 2 unspecified atom stereocenters. The molecule has 0 spiro atoms. The molecule has 3 aromatic rings. The number of aryl methyl sites for hydroxylation is 1. The Balaban J connectivity index is 1.27. The summed E-state index contributed by atoms with van der Waals surface area (Å²) in [5, 5.41) is 31.5. The molecule has 0 saturated carbocycles. The van der Waals surface area contributed by atoms with Crippen LogP contribution < -0.4 is 10.6 Å². The van der Waals surface area contributed by atoms with Gasteiger partial charge in [-0.3, -0.25) is 14.4 Å². The summed E-state index contributed by atoms with van der Waals surface area (Å²) >= 11 is 6.45. The summed E-state index contributed by atoms with van der Waals surface area (Å²) in [7, 11) is 1.77. The van der Waals surface area contributed by atoms with Crippen LogP contribution in [0.1, 0.15) is 41.9 Å². The number of ether oxygens (including phenoxy) is 1. The molecule has 1 saturated heterocycles. The molecule has 0 bridgehead atoms. The molecule has 0 radical (unpaired) electrons. The van der Waals surface area contributed by atoms with Crippen LogP contribution in [0, 0.1) is 0 Å². The van der Waals surface area contributed by atoms with Crippen LogP contribution in [-0.2, 0) is 23.1 Å². The molecule has 1 aromatic carbocycles. The number of hydrogen-bond acceptors (Lipinski definition) is 9. The van der Waals surface area contributed by atoms with Gasteiger partial charge in [-0.25, -0.2) is 9.97 Å². The summed E-state index contributed by atoms with van der Waals surface area (Å²) in [5.74, 6) is 0.177. The molecule has 1 fully saturated rings. The first-order valence-electron chi connectivity index (χ1n) is 12.2. The molecule has 196 valence electrons. The number of amides is 1. The van der Waals surface area contributed by atoms with Crippen LogP contribution in [0.15, 0.2) is 36.7 Å². The topological polar surface area (TPSA) is 138 Å². The number of benzene rings is 1. The summed E-state index contributed by atoms with van der Waals surface area (Å²) in [4.78, 5) is 23.3. The first kappa shape index (κ1) is 25.6. The number of nitrogens with zero attached hydrogens (tertiary/aromatic N) is 5. The third-order valence-corrected chi connectivity index (χ3v) is 6.95. The van der Waals surface area contributed by atoms with E-state index in [1.165, 1.54) is 0 Å². The molecule has 4 heterocycles. The number of halogens is 1. The van der Waals surface area contributed by atoms with Gasteiger partial charge >= 0.3 is 0 Å². The van der Waals surface area contributed by atoms with Crippen molar-refractivity contribution < 1.29 is 19.7 Å². The Morgan fingerprint density at radius 2 is 2.11 bits per heavy atom. The van der Waals surface area contributed by atoms with E-state index in [0.29, 0.717) is 47.7 Å². The van der Waals surface area contributed by atoms with Crippen molar-refractivity contribution in [3.05, 3.63) is 58.5 Å². The van der Waals surface area contributed by atoms with Gasteiger partial charge in [-0.1, -0.05) is 23.7 Å². The number of nitrogens with one attached hydrogen (secondary N) is 2. The van der Waals surface area contributed by atoms with Crippen molar-refractivity contribution in [3.63, 3.8) is 0 Å². The van der Waals surface area contributed by atoms with Crippen molar-refractivity contribution in [2.24, 2.45) is 7.05 Å². The molecule has 4 N–H and O–H groups in total. The van der Waals surface area contributed by atoms with Crippen molar-refractivity contribution in [1.29, 1.82) is 0 Å². The molecule has 0 aliphatic carbocycles. The average molecular weight is 528 g/mol. The second-order valence-electron chi connectivity index (χ2n) is 9.33. The van der Waals surface area contributed by atoms with E-state index in [1.54, 1.807) is 35.1 Å². The highest BCUT2D eigenvalue weighted by Crippen LogP contribution is 2.36. The Morgan fingerprint density at radius 3 is 2.84 bits per heavy atom. The van der Waals surface area contributed by atoms with E-state index in [2.05, 4.69) is 25.7 Å². The first-order chi connectivity index (χ1) is 17.9. The lowest BCUT2D eigenvalue weighted by atomic mass is 10.0. The van der Waals surface area contributed by atoms with E-state index in [1.807, 2.05) is 18.2 Å². The number of anilines is 1. The molecule has 2 aliphatic heterocycles. The summed E-state index contributed by atoms with van der Waals surface area (Å²) in [6, 6.07) is 7.05. The molecule has 11 nitrogen and oxygen atoms in total. The number of rotatable bonds is 8. The molecule has 2 aliphatic rings. The maximum Gasteiger partial charge on any atom is 0.234 e. The minimum absolute atomic E-state index is 0.0397. The molecule has 5 rings (SSSR count). The van der Waals surface area contributed by atoms with Crippen LogP contribution in [0.5, 0.6) is 0 Å². The molecule has 37 heavy (non-hydrogen) atoms. The van der Waals surface area contributed by atoms with Crippen molar-refractivity contribution in [3.8, 4) is 11.3 Å². The maximum absolute atomic E-state index is 12.7. The summed E-state index contributed by atoms with van der Waals surface area (Å²) < 4.78 is 7.02. The highest BCUT2D eigenvalue weighted by Gasteiger charge is 2.31. The van der Waals surface area contributed by atoms with E-state index in [4.69, 9.17) is 16.3 Å².